The van der Waals surface area contributed by atoms with Crippen molar-refractivity contribution in [2.75, 3.05) is 5.32 Å². The van der Waals surface area contributed by atoms with Gasteiger partial charge in [-0.3, -0.25) is 9.89 Å². The number of anilines is 1. The normalized spacial score (nSPS) is 10.7. The molecule has 2 aromatic carbocycles. The van der Waals surface area contributed by atoms with Crippen LogP contribution in [0.5, 0.6) is 11.5 Å². The molecule has 0 atom stereocenters. The number of benzene rings is 2. The maximum atomic E-state index is 12.2. The van der Waals surface area contributed by atoms with Crippen molar-refractivity contribution in [2.24, 2.45) is 0 Å². The summed E-state index contributed by atoms with van der Waals surface area (Å²) >= 11 is 0. The van der Waals surface area contributed by atoms with Crippen LogP contribution in [0.15, 0.2) is 59.4 Å². The van der Waals surface area contributed by atoms with E-state index in [1.807, 2.05) is 31.2 Å². The lowest BCUT2D eigenvalue weighted by atomic mass is 10.2. The van der Waals surface area contributed by atoms with E-state index >= 15 is 0 Å². The lowest BCUT2D eigenvalue weighted by Crippen LogP contribution is -2.12. The third-order valence-corrected chi connectivity index (χ3v) is 4.02. The Bertz CT molecular complexity index is 1090. The number of hydrogen-bond donors (Lipinski definition) is 2. The van der Waals surface area contributed by atoms with Crippen molar-refractivity contribution in [2.45, 2.75) is 19.8 Å². The molecular weight excluding hydrogens is 372 g/mol. The predicted octanol–water partition coefficient (Wildman–Crippen LogP) is 3.53. The number of nitrogens with zero attached hydrogens (tertiary/aromatic N) is 4. The molecule has 146 valence electrons. The van der Waals surface area contributed by atoms with Crippen molar-refractivity contribution < 1.29 is 14.1 Å². The minimum atomic E-state index is -0.156. The number of ether oxygens (including phenoxy) is 1. The van der Waals surface area contributed by atoms with Gasteiger partial charge in [0.15, 0.2) is 5.82 Å². The minimum absolute atomic E-state index is 0.156. The highest BCUT2D eigenvalue weighted by Crippen LogP contribution is 2.23. The largest absolute Gasteiger partial charge is 0.457 e. The Kier molecular flexibility index (Phi) is 5.28. The molecule has 0 unspecified atom stereocenters. The van der Waals surface area contributed by atoms with Gasteiger partial charge >= 0.3 is 0 Å². The third-order valence-electron chi connectivity index (χ3n) is 4.02. The first kappa shape index (κ1) is 18.4. The van der Waals surface area contributed by atoms with Gasteiger partial charge in [0, 0.05) is 18.5 Å². The number of aryl methyl sites for hydroxylation is 2. The summed E-state index contributed by atoms with van der Waals surface area (Å²) < 4.78 is 10.9. The zero-order valence-electron chi connectivity index (χ0n) is 15.6. The van der Waals surface area contributed by atoms with Crippen LogP contribution in [0.2, 0.25) is 0 Å². The number of nitrogens with one attached hydrogen (secondary N) is 2. The van der Waals surface area contributed by atoms with Crippen LogP contribution in [-0.4, -0.2) is 31.2 Å². The van der Waals surface area contributed by atoms with E-state index in [9.17, 15) is 4.79 Å². The number of aromatic amines is 1. The van der Waals surface area contributed by atoms with E-state index in [1.54, 1.807) is 24.3 Å². The molecule has 0 aliphatic heterocycles. The predicted molar refractivity (Wildman–Crippen MR) is 104 cm³/mol. The Balaban J connectivity index is 1.28. The molecule has 2 N–H and O–H groups in total. The number of aromatic nitrogens is 5. The van der Waals surface area contributed by atoms with E-state index in [1.165, 1.54) is 6.33 Å². The van der Waals surface area contributed by atoms with Gasteiger partial charge in [-0.25, -0.2) is 4.98 Å². The van der Waals surface area contributed by atoms with Gasteiger partial charge in [-0.1, -0.05) is 17.3 Å². The summed E-state index contributed by atoms with van der Waals surface area (Å²) in [5.74, 6) is 2.38. The summed E-state index contributed by atoms with van der Waals surface area (Å²) in [7, 11) is 0. The monoisotopic (exact) mass is 390 g/mol. The van der Waals surface area contributed by atoms with Gasteiger partial charge < -0.3 is 14.6 Å². The van der Waals surface area contributed by atoms with Crippen molar-refractivity contribution in [3.63, 3.8) is 0 Å². The fourth-order valence-corrected chi connectivity index (χ4v) is 2.63. The van der Waals surface area contributed by atoms with Gasteiger partial charge in [0.25, 0.3) is 0 Å². The zero-order chi connectivity index (χ0) is 20.1. The first-order chi connectivity index (χ1) is 14.2. The molecule has 4 rings (SSSR count). The highest BCUT2D eigenvalue weighted by atomic mass is 16.5. The van der Waals surface area contributed by atoms with Crippen molar-refractivity contribution in [1.29, 1.82) is 0 Å². The molecule has 0 aliphatic carbocycles. The fraction of sp³-hybridized carbons (Fsp3) is 0.150. The Hall–Kier alpha value is -4.01. The van der Waals surface area contributed by atoms with Crippen LogP contribution < -0.4 is 10.1 Å². The summed E-state index contributed by atoms with van der Waals surface area (Å²) in [6.45, 7) is 2.01. The van der Waals surface area contributed by atoms with E-state index in [0.29, 0.717) is 35.4 Å². The Labute approximate surface area is 166 Å². The molecule has 2 aromatic heterocycles. The molecule has 4 aromatic rings. The van der Waals surface area contributed by atoms with E-state index < -0.39 is 0 Å². The molecule has 9 nitrogen and oxygen atoms in total. The Morgan fingerprint density at radius 3 is 2.79 bits per heavy atom. The van der Waals surface area contributed by atoms with E-state index in [-0.39, 0.29) is 12.3 Å². The van der Waals surface area contributed by atoms with Gasteiger partial charge in [-0.05, 0) is 48.9 Å². The van der Waals surface area contributed by atoms with Gasteiger partial charge in [-0.15, -0.1) is 0 Å². The lowest BCUT2D eigenvalue weighted by Gasteiger charge is -2.08. The third kappa shape index (κ3) is 4.83. The molecule has 9 heteroatoms. The van der Waals surface area contributed by atoms with Crippen molar-refractivity contribution >= 4 is 11.6 Å². The lowest BCUT2D eigenvalue weighted by molar-refractivity contribution is -0.116. The quantitative estimate of drug-likeness (QED) is 0.495. The molecule has 1 amide bonds. The second-order valence-corrected chi connectivity index (χ2v) is 6.34. The van der Waals surface area contributed by atoms with Gasteiger partial charge in [0.2, 0.25) is 17.6 Å². The highest BCUT2D eigenvalue weighted by Gasteiger charge is 2.12. The van der Waals surface area contributed by atoms with Crippen LogP contribution >= 0.6 is 0 Å². The first-order valence-electron chi connectivity index (χ1n) is 8.98. The Morgan fingerprint density at radius 1 is 1.17 bits per heavy atom. The maximum Gasteiger partial charge on any atom is 0.239 e. The van der Waals surface area contributed by atoms with E-state index in [4.69, 9.17) is 9.26 Å². The van der Waals surface area contributed by atoms with Gasteiger partial charge in [0.05, 0.1) is 0 Å². The number of H-pyrrole nitrogens is 1. The summed E-state index contributed by atoms with van der Waals surface area (Å²) in [6.07, 6.45) is 1.89. The summed E-state index contributed by atoms with van der Waals surface area (Å²) in [4.78, 5) is 20.3. The smallest absolute Gasteiger partial charge is 0.239 e. The Morgan fingerprint density at radius 2 is 2.03 bits per heavy atom. The molecule has 0 spiro atoms. The van der Waals surface area contributed by atoms with Crippen LogP contribution in [0.4, 0.5) is 5.69 Å². The highest BCUT2D eigenvalue weighted by molar-refractivity contribution is 5.90. The van der Waals surface area contributed by atoms with E-state index in [0.717, 1.165) is 11.3 Å². The molecule has 0 saturated carbocycles. The van der Waals surface area contributed by atoms with Crippen LogP contribution in [0.3, 0.4) is 0 Å². The fourth-order valence-electron chi connectivity index (χ4n) is 2.63. The van der Waals surface area contributed by atoms with Crippen molar-refractivity contribution in [1.82, 2.24) is 25.3 Å². The maximum absolute atomic E-state index is 12.2. The van der Waals surface area contributed by atoms with E-state index in [2.05, 4.69) is 30.6 Å². The number of amides is 1. The molecule has 29 heavy (non-hydrogen) atoms. The average Bonchev–Trinajstić information content (AvgIpc) is 3.40. The topological polar surface area (TPSA) is 119 Å². The molecule has 2 heterocycles. The number of hydrogen-bond acceptors (Lipinski definition) is 7. The first-order valence-corrected chi connectivity index (χ1v) is 8.98. The molecule has 0 bridgehead atoms. The van der Waals surface area contributed by atoms with Crippen LogP contribution in [-0.2, 0) is 11.2 Å². The molecular formula is C20H18N6O3. The van der Waals surface area contributed by atoms with Crippen LogP contribution in [0, 0.1) is 6.92 Å². The molecule has 0 aliphatic rings. The molecule has 0 radical (unpaired) electrons. The van der Waals surface area contributed by atoms with Crippen LogP contribution in [0.1, 0.15) is 17.9 Å². The average molecular weight is 390 g/mol. The number of carbonyl (C=O) groups is 1. The van der Waals surface area contributed by atoms with Gasteiger partial charge in [-0.2, -0.15) is 10.1 Å². The van der Waals surface area contributed by atoms with Crippen molar-refractivity contribution in [3.05, 3.63) is 66.3 Å². The molecule has 0 fully saturated rings. The molecule has 0 saturated heterocycles. The number of rotatable bonds is 7. The van der Waals surface area contributed by atoms with Crippen LogP contribution in [0.25, 0.3) is 11.6 Å². The number of carbonyl (C=O) groups excluding carboxylic acids is 1. The second-order valence-electron chi connectivity index (χ2n) is 6.34. The SMILES string of the molecule is Cc1cccc(Oc2ccc(NC(=O)CCc3nc(-c4ncn[nH]4)no3)cc2)c1. The van der Waals surface area contributed by atoms with Gasteiger partial charge in [0.1, 0.15) is 17.8 Å². The minimum Gasteiger partial charge on any atom is -0.457 e. The second kappa shape index (κ2) is 8.34. The zero-order valence-corrected chi connectivity index (χ0v) is 15.6. The summed E-state index contributed by atoms with van der Waals surface area (Å²) in [5.41, 5.74) is 1.81. The van der Waals surface area contributed by atoms with Crippen molar-refractivity contribution in [3.8, 4) is 23.1 Å². The summed E-state index contributed by atoms with van der Waals surface area (Å²) in [6, 6.07) is 15.0. The standard InChI is InChI=1S/C20H18N6O3/c1-13-3-2-4-16(11-13)28-15-7-5-14(6-8-15)23-17(27)9-10-18-24-20(26-29-18)19-21-12-22-25-19/h2-8,11-12H,9-10H2,1H3,(H,23,27)(H,21,22,25). The summed E-state index contributed by atoms with van der Waals surface area (Å²) in [5, 5.41) is 13.0.